The van der Waals surface area contributed by atoms with E-state index in [9.17, 15) is 0 Å². The molecular formula is C16H28N6S. The lowest BCUT2D eigenvalue weighted by molar-refractivity contribution is 0.508. The number of fused-ring (bicyclic) bond motifs is 1. The number of aromatic nitrogens is 3. The summed E-state index contributed by atoms with van der Waals surface area (Å²) >= 11 is 2.07. The highest BCUT2D eigenvalue weighted by atomic mass is 32.2. The normalized spacial score (nSPS) is 24.5. The Labute approximate surface area is 142 Å². The molecule has 0 saturated carbocycles. The lowest BCUT2D eigenvalue weighted by Gasteiger charge is -2.24. The Bertz CT molecular complexity index is 547. The number of nitrogens with zero attached hydrogens (tertiary/aromatic N) is 4. The maximum atomic E-state index is 4.72. The molecule has 1 saturated heterocycles. The van der Waals surface area contributed by atoms with E-state index in [1.165, 1.54) is 31.4 Å². The second-order valence-corrected chi connectivity index (χ2v) is 8.27. The molecule has 1 unspecified atom stereocenters. The number of rotatable bonds is 5. The average molecular weight is 337 g/mol. The summed E-state index contributed by atoms with van der Waals surface area (Å²) in [5.74, 6) is 4.26. The van der Waals surface area contributed by atoms with Crippen LogP contribution in [0.4, 0.5) is 0 Å². The highest BCUT2D eigenvalue weighted by Crippen LogP contribution is 2.36. The lowest BCUT2D eigenvalue weighted by Crippen LogP contribution is -2.43. The molecule has 0 bridgehead atoms. The minimum atomic E-state index is 0.338. The fourth-order valence-electron chi connectivity index (χ4n) is 3.22. The minimum Gasteiger partial charge on any atom is -0.357 e. The van der Waals surface area contributed by atoms with Crippen LogP contribution in [-0.2, 0) is 19.5 Å². The van der Waals surface area contributed by atoms with Crippen molar-refractivity contribution in [2.45, 2.75) is 63.8 Å². The van der Waals surface area contributed by atoms with Crippen LogP contribution in [0.2, 0.25) is 0 Å². The number of aryl methyl sites for hydroxylation is 1. The summed E-state index contributed by atoms with van der Waals surface area (Å²) in [6.45, 7) is 7.89. The van der Waals surface area contributed by atoms with Crippen LogP contribution < -0.4 is 10.6 Å². The molecule has 2 aliphatic heterocycles. The van der Waals surface area contributed by atoms with Crippen LogP contribution in [0.5, 0.6) is 0 Å². The maximum Gasteiger partial charge on any atom is 0.191 e. The Kier molecular flexibility index (Phi) is 5.46. The molecule has 0 aliphatic carbocycles. The largest absolute Gasteiger partial charge is 0.357 e. The van der Waals surface area contributed by atoms with Crippen molar-refractivity contribution in [1.82, 2.24) is 25.4 Å². The number of hydrogen-bond acceptors (Lipinski definition) is 4. The van der Waals surface area contributed by atoms with Gasteiger partial charge < -0.3 is 15.2 Å². The van der Waals surface area contributed by atoms with Crippen LogP contribution in [0.15, 0.2) is 4.99 Å². The van der Waals surface area contributed by atoms with Crippen LogP contribution >= 0.6 is 11.8 Å². The molecule has 3 heterocycles. The monoisotopic (exact) mass is 336 g/mol. The first kappa shape index (κ1) is 16.6. The SMILES string of the molecule is CCNC(=NCc1nnc2n1CCCC2)NCC1(C)CCCS1. The maximum absolute atomic E-state index is 4.72. The molecule has 6 nitrogen and oxygen atoms in total. The standard InChI is InChI=1S/C16H28N6S/c1-3-17-15(19-12-16(2)8-6-10-23-16)18-11-14-21-20-13-7-4-5-9-22(13)14/h3-12H2,1-2H3,(H2,17,18,19). The van der Waals surface area contributed by atoms with Crippen LogP contribution in [0, 0.1) is 0 Å². The molecule has 1 aromatic rings. The van der Waals surface area contributed by atoms with Gasteiger partial charge in [0.25, 0.3) is 0 Å². The van der Waals surface area contributed by atoms with E-state index in [1.807, 2.05) is 0 Å². The summed E-state index contributed by atoms with van der Waals surface area (Å²) in [6, 6.07) is 0. The van der Waals surface area contributed by atoms with Gasteiger partial charge >= 0.3 is 0 Å². The molecule has 128 valence electrons. The summed E-state index contributed by atoms with van der Waals surface area (Å²) in [5, 5.41) is 15.5. The topological polar surface area (TPSA) is 67.1 Å². The van der Waals surface area contributed by atoms with Crippen molar-refractivity contribution in [2.75, 3.05) is 18.8 Å². The molecule has 0 aromatic carbocycles. The van der Waals surface area contributed by atoms with E-state index in [-0.39, 0.29) is 0 Å². The Morgan fingerprint density at radius 3 is 3.00 bits per heavy atom. The Hall–Kier alpha value is -1.24. The van der Waals surface area contributed by atoms with E-state index < -0.39 is 0 Å². The van der Waals surface area contributed by atoms with E-state index >= 15 is 0 Å². The van der Waals surface area contributed by atoms with Gasteiger partial charge in [0.1, 0.15) is 12.4 Å². The molecule has 2 aliphatic rings. The predicted molar refractivity (Wildman–Crippen MR) is 95.9 cm³/mol. The predicted octanol–water partition coefficient (Wildman–Crippen LogP) is 1.96. The van der Waals surface area contributed by atoms with Gasteiger partial charge in [-0.1, -0.05) is 0 Å². The minimum absolute atomic E-state index is 0.338. The number of thioether (sulfide) groups is 1. The molecule has 23 heavy (non-hydrogen) atoms. The number of nitrogens with one attached hydrogen (secondary N) is 2. The number of guanidine groups is 1. The Balaban J connectivity index is 1.61. The molecule has 7 heteroatoms. The van der Waals surface area contributed by atoms with Crippen LogP contribution in [0.3, 0.4) is 0 Å². The van der Waals surface area contributed by atoms with Gasteiger partial charge in [0.05, 0.1) is 0 Å². The first-order valence-electron chi connectivity index (χ1n) is 8.77. The smallest absolute Gasteiger partial charge is 0.191 e. The van der Waals surface area contributed by atoms with Crippen LogP contribution in [0.25, 0.3) is 0 Å². The van der Waals surface area contributed by atoms with E-state index in [0.717, 1.165) is 43.7 Å². The summed E-state index contributed by atoms with van der Waals surface area (Å²) < 4.78 is 2.58. The lowest BCUT2D eigenvalue weighted by atomic mass is 10.1. The number of hydrogen-bond donors (Lipinski definition) is 2. The summed E-state index contributed by atoms with van der Waals surface area (Å²) in [5.41, 5.74) is 0. The van der Waals surface area contributed by atoms with Crippen LogP contribution in [-0.4, -0.2) is 44.3 Å². The molecular weight excluding hydrogens is 308 g/mol. The quantitative estimate of drug-likeness (QED) is 0.635. The van der Waals surface area contributed by atoms with Gasteiger partial charge in [-0.05, 0) is 45.3 Å². The van der Waals surface area contributed by atoms with Crippen LogP contribution in [0.1, 0.15) is 51.2 Å². The zero-order valence-corrected chi connectivity index (χ0v) is 15.1. The van der Waals surface area contributed by atoms with Gasteiger partial charge in [0.15, 0.2) is 11.8 Å². The van der Waals surface area contributed by atoms with E-state index in [2.05, 4.69) is 51.0 Å². The van der Waals surface area contributed by atoms with Crippen molar-refractivity contribution < 1.29 is 0 Å². The second-order valence-electron chi connectivity index (χ2n) is 6.59. The molecule has 3 rings (SSSR count). The fourth-order valence-corrected chi connectivity index (χ4v) is 4.47. The molecule has 1 atom stereocenters. The molecule has 0 amide bonds. The molecule has 2 N–H and O–H groups in total. The Morgan fingerprint density at radius 1 is 1.30 bits per heavy atom. The molecule has 0 spiro atoms. The fraction of sp³-hybridized carbons (Fsp3) is 0.812. The van der Waals surface area contributed by atoms with Crippen molar-refractivity contribution in [2.24, 2.45) is 4.99 Å². The number of aliphatic imine (C=N–C) groups is 1. The van der Waals surface area contributed by atoms with Crippen molar-refractivity contribution in [1.29, 1.82) is 0 Å². The van der Waals surface area contributed by atoms with Gasteiger partial charge in [0, 0.05) is 30.8 Å². The highest BCUT2D eigenvalue weighted by Gasteiger charge is 2.29. The zero-order valence-electron chi connectivity index (χ0n) is 14.3. The van der Waals surface area contributed by atoms with E-state index in [4.69, 9.17) is 4.99 Å². The first-order valence-corrected chi connectivity index (χ1v) is 9.76. The first-order chi connectivity index (χ1) is 11.2. The third kappa shape index (κ3) is 4.19. The van der Waals surface area contributed by atoms with Crippen molar-refractivity contribution >= 4 is 17.7 Å². The van der Waals surface area contributed by atoms with Crippen molar-refractivity contribution in [3.8, 4) is 0 Å². The average Bonchev–Trinajstić information content (AvgIpc) is 3.17. The second kappa shape index (κ2) is 7.55. The molecule has 1 aromatic heterocycles. The van der Waals surface area contributed by atoms with Gasteiger partial charge in [-0.2, -0.15) is 11.8 Å². The Morgan fingerprint density at radius 2 is 2.22 bits per heavy atom. The van der Waals surface area contributed by atoms with Gasteiger partial charge in [-0.15, -0.1) is 10.2 Å². The molecule has 1 fully saturated rings. The summed E-state index contributed by atoms with van der Waals surface area (Å²) in [6.07, 6.45) is 6.09. The van der Waals surface area contributed by atoms with Gasteiger partial charge in [-0.25, -0.2) is 4.99 Å². The third-order valence-corrected chi connectivity index (χ3v) is 6.13. The van der Waals surface area contributed by atoms with Crippen molar-refractivity contribution in [3.05, 3.63) is 11.6 Å². The molecule has 0 radical (unpaired) electrons. The zero-order chi connectivity index (χ0) is 16.1. The summed E-state index contributed by atoms with van der Waals surface area (Å²) in [7, 11) is 0. The third-order valence-electron chi connectivity index (χ3n) is 4.59. The van der Waals surface area contributed by atoms with E-state index in [0.29, 0.717) is 11.3 Å². The van der Waals surface area contributed by atoms with Gasteiger partial charge in [0.2, 0.25) is 0 Å². The highest BCUT2D eigenvalue weighted by molar-refractivity contribution is 8.00. The van der Waals surface area contributed by atoms with Crippen molar-refractivity contribution in [3.63, 3.8) is 0 Å². The van der Waals surface area contributed by atoms with Gasteiger partial charge in [-0.3, -0.25) is 0 Å². The summed E-state index contributed by atoms with van der Waals surface area (Å²) in [4.78, 5) is 4.72. The van der Waals surface area contributed by atoms with E-state index in [1.54, 1.807) is 0 Å².